The molecule has 0 heterocycles. The number of nitrogens with zero attached hydrogens (tertiary/aromatic N) is 1. The molecular weight excluding hydrogens is 290 g/mol. The van der Waals surface area contributed by atoms with Gasteiger partial charge in [-0.3, -0.25) is 0 Å². The van der Waals surface area contributed by atoms with E-state index in [0.717, 1.165) is 11.3 Å². The SMILES string of the molecule is CCN(Cc1cc(F)cc(C(N)=S)c1)c1cccc(F)c1. The zero-order valence-electron chi connectivity index (χ0n) is 11.6. The summed E-state index contributed by atoms with van der Waals surface area (Å²) in [5.74, 6) is -0.681. The molecule has 0 unspecified atom stereocenters. The molecule has 0 radical (unpaired) electrons. The number of halogens is 2. The van der Waals surface area contributed by atoms with Gasteiger partial charge in [0, 0.05) is 24.3 Å². The molecule has 0 aromatic heterocycles. The molecule has 2 aromatic carbocycles. The lowest BCUT2D eigenvalue weighted by molar-refractivity contribution is 0.622. The van der Waals surface area contributed by atoms with Crippen LogP contribution in [-0.4, -0.2) is 11.5 Å². The lowest BCUT2D eigenvalue weighted by atomic mass is 10.1. The molecular formula is C16H16F2N2S. The van der Waals surface area contributed by atoms with Crippen molar-refractivity contribution >= 4 is 22.9 Å². The first kappa shape index (κ1) is 15.4. The Hall–Kier alpha value is -2.01. The molecule has 0 aliphatic heterocycles. The molecule has 0 fully saturated rings. The van der Waals surface area contributed by atoms with E-state index >= 15 is 0 Å². The summed E-state index contributed by atoms with van der Waals surface area (Å²) >= 11 is 4.88. The Kier molecular flexibility index (Phi) is 4.85. The second-order valence-corrected chi connectivity index (χ2v) is 5.15. The predicted molar refractivity (Wildman–Crippen MR) is 85.4 cm³/mol. The molecule has 2 nitrogen and oxygen atoms in total. The summed E-state index contributed by atoms with van der Waals surface area (Å²) in [6, 6.07) is 10.8. The fourth-order valence-electron chi connectivity index (χ4n) is 2.16. The zero-order valence-corrected chi connectivity index (χ0v) is 12.5. The number of nitrogens with two attached hydrogens (primary N) is 1. The molecule has 2 aromatic rings. The summed E-state index contributed by atoms with van der Waals surface area (Å²) in [6.07, 6.45) is 0. The van der Waals surface area contributed by atoms with Gasteiger partial charge in [0.15, 0.2) is 0 Å². The van der Waals surface area contributed by atoms with Crippen LogP contribution < -0.4 is 10.6 Å². The summed E-state index contributed by atoms with van der Waals surface area (Å²) in [6.45, 7) is 3.08. The molecule has 0 spiro atoms. The van der Waals surface area contributed by atoms with Gasteiger partial charge in [-0.25, -0.2) is 8.78 Å². The molecule has 0 aliphatic rings. The van der Waals surface area contributed by atoms with Gasteiger partial charge in [0.05, 0.1) is 0 Å². The standard InChI is InChI=1S/C16H16F2N2S/c1-2-20(15-5-3-4-13(17)9-15)10-11-6-12(16(19)21)8-14(18)7-11/h3-9H,2,10H2,1H3,(H2,19,21). The van der Waals surface area contributed by atoms with Gasteiger partial charge in [0.1, 0.15) is 16.6 Å². The minimum atomic E-state index is -0.384. The lowest BCUT2D eigenvalue weighted by Crippen LogP contribution is -2.22. The fraction of sp³-hybridized carbons (Fsp3) is 0.188. The molecule has 21 heavy (non-hydrogen) atoms. The van der Waals surface area contributed by atoms with Gasteiger partial charge >= 0.3 is 0 Å². The molecule has 0 saturated carbocycles. The van der Waals surface area contributed by atoms with E-state index in [1.165, 1.54) is 24.3 Å². The van der Waals surface area contributed by atoms with Gasteiger partial charge in [-0.2, -0.15) is 0 Å². The van der Waals surface area contributed by atoms with E-state index in [4.69, 9.17) is 18.0 Å². The lowest BCUT2D eigenvalue weighted by Gasteiger charge is -2.23. The fourth-order valence-corrected chi connectivity index (χ4v) is 2.28. The average Bonchev–Trinajstić information content (AvgIpc) is 2.44. The van der Waals surface area contributed by atoms with Gasteiger partial charge in [0.2, 0.25) is 0 Å². The minimum Gasteiger partial charge on any atom is -0.389 e. The maximum atomic E-state index is 13.6. The summed E-state index contributed by atoms with van der Waals surface area (Å²) in [5.41, 5.74) is 7.53. The van der Waals surface area contributed by atoms with Crippen LogP contribution in [0.25, 0.3) is 0 Å². The van der Waals surface area contributed by atoms with Crippen molar-refractivity contribution in [2.75, 3.05) is 11.4 Å². The Morgan fingerprint density at radius 2 is 1.90 bits per heavy atom. The van der Waals surface area contributed by atoms with E-state index in [-0.39, 0.29) is 16.6 Å². The van der Waals surface area contributed by atoms with Crippen molar-refractivity contribution in [1.29, 1.82) is 0 Å². The Labute approximate surface area is 128 Å². The number of rotatable bonds is 5. The van der Waals surface area contributed by atoms with Crippen molar-refractivity contribution in [2.45, 2.75) is 13.5 Å². The van der Waals surface area contributed by atoms with Crippen LogP contribution in [0, 0.1) is 11.6 Å². The van der Waals surface area contributed by atoms with Crippen LogP contribution in [0.3, 0.4) is 0 Å². The molecule has 0 amide bonds. The first-order chi connectivity index (χ1) is 9.99. The average molecular weight is 306 g/mol. The molecule has 0 bridgehead atoms. The van der Waals surface area contributed by atoms with Gasteiger partial charge in [-0.15, -0.1) is 0 Å². The molecule has 5 heteroatoms. The van der Waals surface area contributed by atoms with Crippen LogP contribution >= 0.6 is 12.2 Å². The molecule has 0 saturated heterocycles. The predicted octanol–water partition coefficient (Wildman–Crippen LogP) is 3.63. The van der Waals surface area contributed by atoms with Crippen LogP contribution in [0.15, 0.2) is 42.5 Å². The summed E-state index contributed by atoms with van der Waals surface area (Å²) in [5, 5.41) is 0. The maximum absolute atomic E-state index is 13.6. The highest BCUT2D eigenvalue weighted by atomic mass is 32.1. The third-order valence-corrected chi connectivity index (χ3v) is 3.41. The van der Waals surface area contributed by atoms with Crippen molar-refractivity contribution in [3.8, 4) is 0 Å². The molecule has 0 atom stereocenters. The Bertz CT molecular complexity index is 658. The highest BCUT2D eigenvalue weighted by Crippen LogP contribution is 2.19. The number of hydrogen-bond acceptors (Lipinski definition) is 2. The van der Waals surface area contributed by atoms with Gasteiger partial charge in [-0.1, -0.05) is 18.3 Å². The van der Waals surface area contributed by atoms with Gasteiger partial charge < -0.3 is 10.6 Å². The van der Waals surface area contributed by atoms with Crippen LogP contribution in [0.5, 0.6) is 0 Å². The highest BCUT2D eigenvalue weighted by Gasteiger charge is 2.09. The number of benzene rings is 2. The van der Waals surface area contributed by atoms with Crippen molar-refractivity contribution in [3.05, 3.63) is 65.2 Å². The summed E-state index contributed by atoms with van der Waals surface area (Å²) in [4.78, 5) is 2.10. The quantitative estimate of drug-likeness (QED) is 0.855. The minimum absolute atomic E-state index is 0.157. The monoisotopic (exact) mass is 306 g/mol. The Morgan fingerprint density at radius 1 is 1.14 bits per heavy atom. The van der Waals surface area contributed by atoms with Gasteiger partial charge in [-0.05, 0) is 48.9 Å². The second kappa shape index (κ2) is 6.63. The van der Waals surface area contributed by atoms with Crippen molar-refractivity contribution in [1.82, 2.24) is 0 Å². The topological polar surface area (TPSA) is 29.3 Å². The van der Waals surface area contributed by atoms with Crippen molar-refractivity contribution < 1.29 is 8.78 Å². The molecule has 0 aliphatic carbocycles. The van der Waals surface area contributed by atoms with E-state index in [1.54, 1.807) is 12.1 Å². The van der Waals surface area contributed by atoms with E-state index in [9.17, 15) is 8.78 Å². The summed E-state index contributed by atoms with van der Waals surface area (Å²) < 4.78 is 26.9. The number of anilines is 1. The molecule has 2 N–H and O–H groups in total. The zero-order chi connectivity index (χ0) is 15.4. The van der Waals surface area contributed by atoms with E-state index in [2.05, 4.69) is 0 Å². The Balaban J connectivity index is 2.28. The molecule has 110 valence electrons. The van der Waals surface area contributed by atoms with E-state index in [1.807, 2.05) is 17.9 Å². The van der Waals surface area contributed by atoms with Crippen molar-refractivity contribution in [3.63, 3.8) is 0 Å². The first-order valence-corrected chi connectivity index (χ1v) is 7.00. The Morgan fingerprint density at radius 3 is 2.52 bits per heavy atom. The maximum Gasteiger partial charge on any atom is 0.125 e. The van der Waals surface area contributed by atoms with Crippen LogP contribution in [0.1, 0.15) is 18.1 Å². The number of hydrogen-bond donors (Lipinski definition) is 1. The summed E-state index contributed by atoms with van der Waals surface area (Å²) in [7, 11) is 0. The van der Waals surface area contributed by atoms with E-state index < -0.39 is 0 Å². The smallest absolute Gasteiger partial charge is 0.125 e. The number of thiocarbonyl (C=S) groups is 1. The first-order valence-electron chi connectivity index (χ1n) is 6.59. The van der Waals surface area contributed by atoms with Crippen molar-refractivity contribution in [2.24, 2.45) is 5.73 Å². The van der Waals surface area contributed by atoms with Gasteiger partial charge in [0.25, 0.3) is 0 Å². The van der Waals surface area contributed by atoms with E-state index in [0.29, 0.717) is 18.7 Å². The highest BCUT2D eigenvalue weighted by molar-refractivity contribution is 7.80. The van der Waals surface area contributed by atoms with Crippen LogP contribution in [0.4, 0.5) is 14.5 Å². The molecule has 2 rings (SSSR count). The van der Waals surface area contributed by atoms with Crippen LogP contribution in [0.2, 0.25) is 0 Å². The van der Waals surface area contributed by atoms with Crippen LogP contribution in [-0.2, 0) is 6.54 Å². The second-order valence-electron chi connectivity index (χ2n) is 4.71. The normalized spacial score (nSPS) is 10.4. The largest absolute Gasteiger partial charge is 0.389 e. The third kappa shape index (κ3) is 3.98. The third-order valence-electron chi connectivity index (χ3n) is 3.17.